The highest BCUT2D eigenvalue weighted by Gasteiger charge is 2.13. The Bertz CT molecular complexity index is 291. The molecule has 3 nitrogen and oxygen atoms in total. The topological polar surface area (TPSA) is 36.1 Å². The van der Waals surface area contributed by atoms with Gasteiger partial charge in [0.15, 0.2) is 0 Å². The molecule has 0 atom stereocenters. The van der Waals surface area contributed by atoms with Crippen molar-refractivity contribution in [1.82, 2.24) is 16.0 Å². The molecule has 1 aromatic carbocycles. The number of nitrogens with one attached hydrogen (secondary N) is 3. The smallest absolute Gasteiger partial charge is 0.00772 e. The number of piperidine rings is 1. The second-order valence-corrected chi connectivity index (χ2v) is 4.93. The zero-order valence-corrected chi connectivity index (χ0v) is 11.1. The molecule has 0 saturated carbocycles. The molecule has 2 saturated heterocycles. The zero-order chi connectivity index (χ0) is 12.5. The quantitative estimate of drug-likeness (QED) is 0.701. The Kier molecular flexibility index (Phi) is 6.20. The van der Waals surface area contributed by atoms with Crippen LogP contribution in [0.1, 0.15) is 24.3 Å². The first kappa shape index (κ1) is 13.5. The van der Waals surface area contributed by atoms with E-state index in [0.29, 0.717) is 0 Å². The van der Waals surface area contributed by atoms with E-state index in [2.05, 4.69) is 46.3 Å². The molecule has 3 heteroatoms. The van der Waals surface area contributed by atoms with Gasteiger partial charge in [-0.15, -0.1) is 0 Å². The van der Waals surface area contributed by atoms with Gasteiger partial charge in [0, 0.05) is 26.2 Å². The van der Waals surface area contributed by atoms with Gasteiger partial charge in [0.05, 0.1) is 0 Å². The lowest BCUT2D eigenvalue weighted by Gasteiger charge is -2.22. The van der Waals surface area contributed by atoms with E-state index in [-0.39, 0.29) is 0 Å². The van der Waals surface area contributed by atoms with Crippen LogP contribution >= 0.6 is 0 Å². The molecule has 0 unspecified atom stereocenters. The molecule has 0 bridgehead atoms. The highest BCUT2D eigenvalue weighted by Crippen LogP contribution is 2.24. The Balaban J connectivity index is 0.000000169. The van der Waals surface area contributed by atoms with E-state index in [0.717, 1.165) is 32.1 Å². The van der Waals surface area contributed by atoms with Gasteiger partial charge in [-0.2, -0.15) is 0 Å². The van der Waals surface area contributed by atoms with Gasteiger partial charge in [-0.25, -0.2) is 0 Å². The summed E-state index contributed by atoms with van der Waals surface area (Å²) in [7, 11) is 0. The molecule has 1 aromatic rings. The third kappa shape index (κ3) is 4.77. The summed E-state index contributed by atoms with van der Waals surface area (Å²) in [5, 5.41) is 9.83. The lowest BCUT2D eigenvalue weighted by Crippen LogP contribution is -2.39. The summed E-state index contributed by atoms with van der Waals surface area (Å²) in [6.45, 7) is 6.92. The van der Waals surface area contributed by atoms with E-state index in [4.69, 9.17) is 0 Å². The predicted molar refractivity (Wildman–Crippen MR) is 77.0 cm³/mol. The molecule has 18 heavy (non-hydrogen) atoms. The molecule has 2 heterocycles. The average molecular weight is 247 g/mol. The maximum atomic E-state index is 3.38. The number of benzene rings is 1. The van der Waals surface area contributed by atoms with Crippen molar-refractivity contribution in [2.45, 2.75) is 18.8 Å². The summed E-state index contributed by atoms with van der Waals surface area (Å²) < 4.78 is 0. The molecule has 2 aliphatic heterocycles. The Labute approximate surface area is 110 Å². The van der Waals surface area contributed by atoms with Gasteiger partial charge in [-0.05, 0) is 37.4 Å². The zero-order valence-electron chi connectivity index (χ0n) is 11.1. The summed E-state index contributed by atoms with van der Waals surface area (Å²) >= 11 is 0. The van der Waals surface area contributed by atoms with Gasteiger partial charge in [-0.1, -0.05) is 30.3 Å². The van der Waals surface area contributed by atoms with Gasteiger partial charge in [-0.3, -0.25) is 0 Å². The summed E-state index contributed by atoms with van der Waals surface area (Å²) in [5.41, 5.74) is 1.51. The summed E-state index contributed by atoms with van der Waals surface area (Å²) in [6, 6.07) is 10.9. The fourth-order valence-corrected chi connectivity index (χ4v) is 2.48. The monoisotopic (exact) mass is 247 g/mol. The van der Waals surface area contributed by atoms with Crippen LogP contribution in [0, 0.1) is 0 Å². The Morgan fingerprint density at radius 1 is 0.667 bits per heavy atom. The van der Waals surface area contributed by atoms with Crippen LogP contribution in [0.2, 0.25) is 0 Å². The lowest BCUT2D eigenvalue weighted by molar-refractivity contribution is 0.460. The van der Waals surface area contributed by atoms with Crippen LogP contribution < -0.4 is 16.0 Å². The Morgan fingerprint density at radius 3 is 1.67 bits per heavy atom. The van der Waals surface area contributed by atoms with Gasteiger partial charge in [0.25, 0.3) is 0 Å². The van der Waals surface area contributed by atoms with Gasteiger partial charge >= 0.3 is 0 Å². The fourth-order valence-electron chi connectivity index (χ4n) is 2.48. The first-order valence-electron chi connectivity index (χ1n) is 7.14. The Hall–Kier alpha value is -0.900. The molecule has 2 aliphatic rings. The van der Waals surface area contributed by atoms with Gasteiger partial charge in [0.1, 0.15) is 0 Å². The van der Waals surface area contributed by atoms with Gasteiger partial charge < -0.3 is 16.0 Å². The molecular formula is C15H25N3. The first-order chi connectivity index (χ1) is 8.97. The number of piperazine rings is 1. The molecule has 100 valence electrons. The van der Waals surface area contributed by atoms with Crippen LogP contribution in [0.5, 0.6) is 0 Å². The van der Waals surface area contributed by atoms with Crippen LogP contribution in [0.15, 0.2) is 30.3 Å². The third-order valence-electron chi connectivity index (χ3n) is 3.57. The number of hydrogen-bond donors (Lipinski definition) is 3. The van der Waals surface area contributed by atoms with E-state index in [1.165, 1.54) is 31.5 Å². The SMILES string of the molecule is C1CNCCN1.c1ccc(C2CCNCC2)cc1. The van der Waals surface area contributed by atoms with E-state index >= 15 is 0 Å². The predicted octanol–water partition coefficient (Wildman–Crippen LogP) is 1.33. The second kappa shape index (κ2) is 8.25. The average Bonchev–Trinajstić information content (AvgIpc) is 2.51. The van der Waals surface area contributed by atoms with Crippen molar-refractivity contribution in [3.05, 3.63) is 35.9 Å². The maximum absolute atomic E-state index is 3.38. The van der Waals surface area contributed by atoms with Crippen molar-refractivity contribution < 1.29 is 0 Å². The maximum Gasteiger partial charge on any atom is 0.00772 e. The Morgan fingerprint density at radius 2 is 1.17 bits per heavy atom. The molecule has 0 radical (unpaired) electrons. The van der Waals surface area contributed by atoms with E-state index in [9.17, 15) is 0 Å². The van der Waals surface area contributed by atoms with Crippen LogP contribution in [-0.4, -0.2) is 39.3 Å². The number of hydrogen-bond acceptors (Lipinski definition) is 3. The molecule has 3 rings (SSSR count). The fraction of sp³-hybridized carbons (Fsp3) is 0.600. The van der Waals surface area contributed by atoms with Gasteiger partial charge in [0.2, 0.25) is 0 Å². The van der Waals surface area contributed by atoms with E-state index < -0.39 is 0 Å². The molecule has 0 aliphatic carbocycles. The van der Waals surface area contributed by atoms with Crippen LogP contribution in [-0.2, 0) is 0 Å². The molecule has 2 fully saturated rings. The highest BCUT2D eigenvalue weighted by atomic mass is 15.0. The minimum absolute atomic E-state index is 0.799. The van der Waals surface area contributed by atoms with Crippen molar-refractivity contribution in [2.24, 2.45) is 0 Å². The molecule has 3 N–H and O–H groups in total. The van der Waals surface area contributed by atoms with Crippen molar-refractivity contribution in [1.29, 1.82) is 0 Å². The summed E-state index contributed by atoms with van der Waals surface area (Å²) in [4.78, 5) is 0. The molecule has 0 aromatic heterocycles. The standard InChI is InChI=1S/C11H15N.C4H10N2/c1-2-4-10(5-3-1)11-6-8-12-9-7-11;1-2-6-4-3-5-1/h1-5,11-12H,6-9H2;5-6H,1-4H2. The summed E-state index contributed by atoms with van der Waals surface area (Å²) in [5.74, 6) is 0.799. The third-order valence-corrected chi connectivity index (χ3v) is 3.57. The van der Waals surface area contributed by atoms with E-state index in [1.54, 1.807) is 0 Å². The van der Waals surface area contributed by atoms with Crippen molar-refractivity contribution in [2.75, 3.05) is 39.3 Å². The highest BCUT2D eigenvalue weighted by molar-refractivity contribution is 5.19. The number of rotatable bonds is 1. The second-order valence-electron chi connectivity index (χ2n) is 4.93. The largest absolute Gasteiger partial charge is 0.317 e. The van der Waals surface area contributed by atoms with Crippen molar-refractivity contribution in [3.63, 3.8) is 0 Å². The van der Waals surface area contributed by atoms with Crippen molar-refractivity contribution in [3.8, 4) is 0 Å². The first-order valence-corrected chi connectivity index (χ1v) is 7.14. The van der Waals surface area contributed by atoms with Crippen molar-refractivity contribution >= 4 is 0 Å². The lowest BCUT2D eigenvalue weighted by atomic mass is 9.90. The minimum atomic E-state index is 0.799. The normalized spacial score (nSPS) is 20.9. The molecule has 0 spiro atoms. The molecular weight excluding hydrogens is 222 g/mol. The van der Waals surface area contributed by atoms with Crippen LogP contribution in [0.4, 0.5) is 0 Å². The molecule has 0 amide bonds. The minimum Gasteiger partial charge on any atom is -0.317 e. The van der Waals surface area contributed by atoms with E-state index in [1.807, 2.05) is 0 Å². The summed E-state index contributed by atoms with van der Waals surface area (Å²) in [6.07, 6.45) is 2.59. The van der Waals surface area contributed by atoms with Crippen LogP contribution in [0.25, 0.3) is 0 Å². The van der Waals surface area contributed by atoms with Crippen LogP contribution in [0.3, 0.4) is 0 Å².